The van der Waals surface area contributed by atoms with Crippen molar-refractivity contribution < 1.29 is 14.3 Å². The summed E-state index contributed by atoms with van der Waals surface area (Å²) in [5, 5.41) is 3.12. The molecule has 1 amide bonds. The Morgan fingerprint density at radius 2 is 1.96 bits per heavy atom. The molecule has 0 bridgehead atoms. The smallest absolute Gasteiger partial charge is 0.223 e. The number of carbonyl (C=O) groups is 1. The van der Waals surface area contributed by atoms with Crippen LogP contribution >= 0.6 is 0 Å². The van der Waals surface area contributed by atoms with Gasteiger partial charge >= 0.3 is 0 Å². The van der Waals surface area contributed by atoms with Crippen LogP contribution in [0.3, 0.4) is 0 Å². The van der Waals surface area contributed by atoms with Crippen LogP contribution in [0.15, 0.2) is 24.3 Å². The zero-order valence-corrected chi connectivity index (χ0v) is 14.2. The van der Waals surface area contributed by atoms with Gasteiger partial charge in [0.2, 0.25) is 5.91 Å². The number of hydrogen-bond acceptors (Lipinski definition) is 4. The first-order valence-electron chi connectivity index (χ1n) is 8.50. The summed E-state index contributed by atoms with van der Waals surface area (Å²) in [4.78, 5) is 14.5. The highest BCUT2D eigenvalue weighted by molar-refractivity contribution is 5.76. The van der Waals surface area contributed by atoms with E-state index in [1.807, 2.05) is 24.3 Å². The van der Waals surface area contributed by atoms with Crippen LogP contribution in [0.25, 0.3) is 0 Å². The van der Waals surface area contributed by atoms with Crippen LogP contribution < -0.4 is 14.8 Å². The number of ether oxygens (including phenoxy) is 2. The molecule has 0 atom stereocenters. The molecule has 128 valence electrons. The highest BCUT2D eigenvalue weighted by Crippen LogP contribution is 2.25. The first-order valence-corrected chi connectivity index (χ1v) is 8.50. The number of carbonyl (C=O) groups excluding carboxylic acids is 1. The maximum absolute atomic E-state index is 12.0. The zero-order chi connectivity index (χ0) is 16.5. The van der Waals surface area contributed by atoms with Crippen molar-refractivity contribution >= 4 is 5.91 Å². The second-order valence-electron chi connectivity index (χ2n) is 5.93. The second-order valence-corrected chi connectivity index (χ2v) is 5.93. The Kier molecular flexibility index (Phi) is 7.20. The van der Waals surface area contributed by atoms with Gasteiger partial charge in [-0.2, -0.15) is 0 Å². The molecule has 0 radical (unpaired) electrons. The summed E-state index contributed by atoms with van der Waals surface area (Å²) in [6, 6.07) is 7.78. The fraction of sp³-hybridized carbons (Fsp3) is 0.611. The fourth-order valence-electron chi connectivity index (χ4n) is 2.91. The fourth-order valence-corrected chi connectivity index (χ4v) is 2.91. The number of hydrogen-bond donors (Lipinski definition) is 1. The topological polar surface area (TPSA) is 50.8 Å². The summed E-state index contributed by atoms with van der Waals surface area (Å²) in [6.07, 6.45) is 3.64. The van der Waals surface area contributed by atoms with Gasteiger partial charge in [0.25, 0.3) is 0 Å². The van der Waals surface area contributed by atoms with Gasteiger partial charge in [0.05, 0.1) is 20.1 Å². The van der Waals surface area contributed by atoms with Crippen molar-refractivity contribution in [1.29, 1.82) is 0 Å². The predicted octanol–water partition coefficient (Wildman–Crippen LogP) is 2.45. The number of benzene rings is 1. The minimum Gasteiger partial charge on any atom is -0.493 e. The number of rotatable bonds is 8. The van der Waals surface area contributed by atoms with Crippen LogP contribution in [-0.4, -0.2) is 50.2 Å². The number of nitrogens with zero attached hydrogens (tertiary/aromatic N) is 1. The molecule has 0 aromatic heterocycles. The van der Waals surface area contributed by atoms with Crippen LogP contribution in [0, 0.1) is 0 Å². The van der Waals surface area contributed by atoms with E-state index in [0.29, 0.717) is 30.6 Å². The average Bonchev–Trinajstić information content (AvgIpc) is 2.57. The minimum atomic E-state index is 0.0637. The summed E-state index contributed by atoms with van der Waals surface area (Å²) in [5.41, 5.74) is 0. The molecular weight excluding hydrogens is 292 g/mol. The van der Waals surface area contributed by atoms with E-state index in [2.05, 4.69) is 17.1 Å². The van der Waals surface area contributed by atoms with Crippen molar-refractivity contribution in [2.24, 2.45) is 0 Å². The van der Waals surface area contributed by atoms with E-state index < -0.39 is 0 Å². The van der Waals surface area contributed by atoms with Gasteiger partial charge in [-0.3, -0.25) is 4.79 Å². The van der Waals surface area contributed by atoms with Gasteiger partial charge in [0.15, 0.2) is 11.5 Å². The first-order chi connectivity index (χ1) is 11.2. The Balaban J connectivity index is 1.66. The maximum atomic E-state index is 12.0. The zero-order valence-electron chi connectivity index (χ0n) is 14.2. The SMILES string of the molecule is CCCN1CCC(NC(=O)CCOc2ccccc2OC)CC1. The molecular formula is C18H28N2O3. The molecule has 5 heteroatoms. The molecule has 1 aliphatic heterocycles. The third-order valence-corrected chi connectivity index (χ3v) is 4.15. The third-order valence-electron chi connectivity index (χ3n) is 4.15. The molecule has 1 fully saturated rings. The van der Waals surface area contributed by atoms with E-state index in [-0.39, 0.29) is 5.91 Å². The lowest BCUT2D eigenvalue weighted by atomic mass is 10.0. The lowest BCUT2D eigenvalue weighted by Gasteiger charge is -2.32. The normalized spacial score (nSPS) is 16.1. The molecule has 1 aromatic rings. The molecule has 1 N–H and O–H groups in total. The summed E-state index contributed by atoms with van der Waals surface area (Å²) in [5.74, 6) is 1.43. The number of amides is 1. The van der Waals surface area contributed by atoms with E-state index in [0.717, 1.165) is 32.5 Å². The van der Waals surface area contributed by atoms with Crippen molar-refractivity contribution in [3.8, 4) is 11.5 Å². The highest BCUT2D eigenvalue weighted by atomic mass is 16.5. The quantitative estimate of drug-likeness (QED) is 0.799. The number of methoxy groups -OCH3 is 1. The van der Waals surface area contributed by atoms with Crippen LogP contribution in [0.1, 0.15) is 32.6 Å². The number of likely N-dealkylation sites (tertiary alicyclic amines) is 1. The Morgan fingerprint density at radius 1 is 1.26 bits per heavy atom. The molecule has 0 unspecified atom stereocenters. The lowest BCUT2D eigenvalue weighted by Crippen LogP contribution is -2.45. The monoisotopic (exact) mass is 320 g/mol. The molecule has 0 aliphatic carbocycles. The molecule has 1 aromatic carbocycles. The minimum absolute atomic E-state index is 0.0637. The van der Waals surface area contributed by atoms with E-state index in [9.17, 15) is 4.79 Å². The molecule has 0 saturated carbocycles. The van der Waals surface area contributed by atoms with Gasteiger partial charge in [-0.05, 0) is 37.9 Å². The first kappa shape index (κ1) is 17.6. The Morgan fingerprint density at radius 3 is 2.61 bits per heavy atom. The Bertz CT molecular complexity index is 485. The molecule has 1 saturated heterocycles. The van der Waals surface area contributed by atoms with Gasteiger partial charge in [-0.25, -0.2) is 0 Å². The van der Waals surface area contributed by atoms with Gasteiger partial charge in [0, 0.05) is 19.1 Å². The molecule has 1 aliphatic rings. The summed E-state index contributed by atoms with van der Waals surface area (Å²) in [7, 11) is 1.61. The molecule has 23 heavy (non-hydrogen) atoms. The van der Waals surface area contributed by atoms with Crippen LogP contribution in [0.4, 0.5) is 0 Å². The largest absolute Gasteiger partial charge is 0.493 e. The standard InChI is InChI=1S/C18H28N2O3/c1-3-11-20-12-8-15(9-13-20)19-18(21)10-14-23-17-7-5-4-6-16(17)22-2/h4-7,15H,3,8-14H2,1-2H3,(H,19,21). The van der Waals surface area contributed by atoms with E-state index in [4.69, 9.17) is 9.47 Å². The summed E-state index contributed by atoms with van der Waals surface area (Å²) >= 11 is 0. The van der Waals surface area contributed by atoms with Crippen LogP contribution in [0.5, 0.6) is 11.5 Å². The van der Waals surface area contributed by atoms with Gasteiger partial charge in [0.1, 0.15) is 0 Å². The number of para-hydroxylation sites is 2. The molecule has 5 nitrogen and oxygen atoms in total. The number of nitrogens with one attached hydrogen (secondary N) is 1. The number of piperidine rings is 1. The van der Waals surface area contributed by atoms with Gasteiger partial charge in [-0.15, -0.1) is 0 Å². The lowest BCUT2D eigenvalue weighted by molar-refractivity contribution is -0.122. The average molecular weight is 320 g/mol. The maximum Gasteiger partial charge on any atom is 0.223 e. The second kappa shape index (κ2) is 9.40. The van der Waals surface area contributed by atoms with Crippen molar-refractivity contribution in [3.05, 3.63) is 24.3 Å². The Labute approximate surface area is 139 Å². The van der Waals surface area contributed by atoms with E-state index in [1.54, 1.807) is 7.11 Å². The van der Waals surface area contributed by atoms with Gasteiger partial charge in [-0.1, -0.05) is 19.1 Å². The summed E-state index contributed by atoms with van der Waals surface area (Å²) in [6.45, 7) is 5.89. The van der Waals surface area contributed by atoms with Crippen molar-refractivity contribution in [3.63, 3.8) is 0 Å². The van der Waals surface area contributed by atoms with Crippen molar-refractivity contribution in [2.75, 3.05) is 33.4 Å². The van der Waals surface area contributed by atoms with E-state index in [1.165, 1.54) is 6.42 Å². The summed E-state index contributed by atoms with van der Waals surface area (Å²) < 4.78 is 10.9. The van der Waals surface area contributed by atoms with Gasteiger partial charge < -0.3 is 19.7 Å². The Hall–Kier alpha value is -1.75. The molecule has 1 heterocycles. The third kappa shape index (κ3) is 5.75. The van der Waals surface area contributed by atoms with E-state index >= 15 is 0 Å². The highest BCUT2D eigenvalue weighted by Gasteiger charge is 2.19. The molecule has 0 spiro atoms. The van der Waals surface area contributed by atoms with Crippen LogP contribution in [-0.2, 0) is 4.79 Å². The van der Waals surface area contributed by atoms with Crippen molar-refractivity contribution in [2.45, 2.75) is 38.6 Å². The van der Waals surface area contributed by atoms with Crippen molar-refractivity contribution in [1.82, 2.24) is 10.2 Å². The van der Waals surface area contributed by atoms with Crippen LogP contribution in [0.2, 0.25) is 0 Å². The predicted molar refractivity (Wildman–Crippen MR) is 91.0 cm³/mol. The molecule has 2 rings (SSSR count).